The first kappa shape index (κ1) is 32.1. The predicted molar refractivity (Wildman–Crippen MR) is 228 cm³/mol. The Labute approximate surface area is 325 Å². The van der Waals surface area contributed by atoms with E-state index >= 15 is 0 Å². The van der Waals surface area contributed by atoms with E-state index in [9.17, 15) is 0 Å². The minimum atomic E-state index is 0.603. The highest BCUT2D eigenvalue weighted by atomic mass is 32.1. The van der Waals surface area contributed by atoms with Crippen molar-refractivity contribution >= 4 is 53.6 Å². The lowest BCUT2D eigenvalue weighted by molar-refractivity contribution is 0.667. The summed E-state index contributed by atoms with van der Waals surface area (Å²) in [6.45, 7) is 0. The third-order valence-corrected chi connectivity index (χ3v) is 11.3. The van der Waals surface area contributed by atoms with Crippen molar-refractivity contribution in [3.05, 3.63) is 176 Å². The van der Waals surface area contributed by atoms with E-state index in [1.807, 2.05) is 72.8 Å². The maximum Gasteiger partial charge on any atom is 0.180 e. The van der Waals surface area contributed by atoms with Crippen LogP contribution in [0.2, 0.25) is 0 Å². The van der Waals surface area contributed by atoms with Gasteiger partial charge in [-0.15, -0.1) is 11.3 Å². The molecule has 0 spiro atoms. The van der Waals surface area contributed by atoms with Gasteiger partial charge in [-0.25, -0.2) is 24.9 Å². The monoisotopic (exact) mass is 735 g/mol. The second-order valence-corrected chi connectivity index (χ2v) is 14.7. The number of hydrogen-bond acceptors (Lipinski definition) is 7. The van der Waals surface area contributed by atoms with Gasteiger partial charge in [0.2, 0.25) is 0 Å². The van der Waals surface area contributed by atoms with Gasteiger partial charge >= 0.3 is 0 Å². The normalized spacial score (nSPS) is 11.6. The molecule has 11 aromatic rings. The Morgan fingerprint density at radius 1 is 0.375 bits per heavy atom. The number of hydrogen-bond donors (Lipinski definition) is 0. The summed E-state index contributed by atoms with van der Waals surface area (Å²) in [4.78, 5) is 25.7. The summed E-state index contributed by atoms with van der Waals surface area (Å²) in [6, 6.07) is 59.9. The van der Waals surface area contributed by atoms with Crippen LogP contribution in [0.5, 0.6) is 0 Å². The lowest BCUT2D eigenvalue weighted by Gasteiger charge is -2.10. The Balaban J connectivity index is 1.11. The van der Waals surface area contributed by atoms with Crippen LogP contribution < -0.4 is 0 Å². The summed E-state index contributed by atoms with van der Waals surface area (Å²) in [6.07, 6.45) is 0. The number of benzene rings is 7. The second-order valence-electron chi connectivity index (χ2n) is 13.6. The Morgan fingerprint density at radius 3 is 1.75 bits per heavy atom. The predicted octanol–water partition coefficient (Wildman–Crippen LogP) is 12.9. The Hall–Kier alpha value is -7.35. The molecule has 4 heterocycles. The zero-order valence-electron chi connectivity index (χ0n) is 29.8. The zero-order valence-corrected chi connectivity index (χ0v) is 30.6. The average molecular weight is 736 g/mol. The van der Waals surface area contributed by atoms with Crippen LogP contribution in [-0.2, 0) is 0 Å². The van der Waals surface area contributed by atoms with Crippen molar-refractivity contribution in [2.75, 3.05) is 0 Å². The van der Waals surface area contributed by atoms with Gasteiger partial charge in [-0.05, 0) is 53.6 Å². The van der Waals surface area contributed by atoms with Crippen molar-refractivity contribution in [3.63, 3.8) is 0 Å². The van der Waals surface area contributed by atoms with Crippen molar-refractivity contribution < 1.29 is 4.42 Å². The zero-order chi connectivity index (χ0) is 37.0. The molecule has 7 heteroatoms. The van der Waals surface area contributed by atoms with Crippen LogP contribution in [0.15, 0.2) is 180 Å². The minimum Gasteiger partial charge on any atom is -0.452 e. The summed E-state index contributed by atoms with van der Waals surface area (Å²) < 4.78 is 8.71. The van der Waals surface area contributed by atoms with Crippen LogP contribution in [0.25, 0.3) is 110 Å². The number of furan rings is 1. The van der Waals surface area contributed by atoms with Crippen molar-refractivity contribution in [2.45, 2.75) is 0 Å². The fourth-order valence-electron chi connectivity index (χ4n) is 7.47. The summed E-state index contributed by atoms with van der Waals surface area (Å²) in [7, 11) is 0. The van der Waals surface area contributed by atoms with E-state index in [1.54, 1.807) is 11.3 Å². The highest BCUT2D eigenvalue weighted by molar-refractivity contribution is 7.26. The van der Waals surface area contributed by atoms with Gasteiger partial charge in [-0.3, -0.25) is 0 Å². The van der Waals surface area contributed by atoms with Crippen LogP contribution in [0.3, 0.4) is 0 Å². The molecule has 56 heavy (non-hydrogen) atoms. The molecule has 4 aromatic heterocycles. The molecule has 0 N–H and O–H groups in total. The fourth-order valence-corrected chi connectivity index (χ4v) is 8.59. The van der Waals surface area contributed by atoms with Crippen LogP contribution in [0.4, 0.5) is 0 Å². The molecule has 0 aliphatic heterocycles. The molecule has 0 unspecified atom stereocenters. The standard InChI is InChI=1S/C49H29N5OS/c1-4-14-30(15-5-1)33-20-12-21-34(28-33)47-52-46(32-18-8-3-9-19-32)53-48(54-47)35-26-27-40-38(29-35)42-37(23-13-25-41(42)56-40)49-50-43(31-16-6-2-7-17-31)45-44(51-49)36-22-10-11-24-39(36)55-45/h1-29H. The van der Waals surface area contributed by atoms with Gasteiger partial charge in [-0.2, -0.15) is 0 Å². The molecule has 7 aromatic carbocycles. The van der Waals surface area contributed by atoms with Crippen LogP contribution in [0.1, 0.15) is 0 Å². The molecule has 0 amide bonds. The van der Waals surface area contributed by atoms with E-state index < -0.39 is 0 Å². The number of thiophene rings is 1. The van der Waals surface area contributed by atoms with E-state index in [0.717, 1.165) is 81.3 Å². The molecule has 0 fully saturated rings. The second kappa shape index (κ2) is 13.2. The van der Waals surface area contributed by atoms with Gasteiger partial charge in [0, 0.05) is 53.4 Å². The molecule has 0 aliphatic carbocycles. The first-order chi connectivity index (χ1) is 27.7. The van der Waals surface area contributed by atoms with Crippen molar-refractivity contribution in [1.29, 1.82) is 0 Å². The van der Waals surface area contributed by atoms with E-state index in [1.165, 1.54) is 0 Å². The number of aromatic nitrogens is 5. The highest BCUT2D eigenvalue weighted by Gasteiger charge is 2.21. The first-order valence-corrected chi connectivity index (χ1v) is 19.2. The van der Waals surface area contributed by atoms with Gasteiger partial charge in [0.15, 0.2) is 28.9 Å². The third kappa shape index (κ3) is 5.52. The Kier molecular flexibility index (Phi) is 7.57. The molecule has 0 saturated carbocycles. The SMILES string of the molecule is c1ccc(-c2cccc(-c3nc(-c4ccccc4)nc(-c4ccc5sc6cccc(-c7nc(-c8ccccc8)c8oc9ccccc9c8n7)c6c5c4)n3)c2)cc1. The van der Waals surface area contributed by atoms with Crippen LogP contribution in [-0.4, -0.2) is 24.9 Å². The number of para-hydroxylation sites is 1. The lowest BCUT2D eigenvalue weighted by Crippen LogP contribution is -2.00. The van der Waals surface area contributed by atoms with E-state index in [0.29, 0.717) is 28.9 Å². The van der Waals surface area contributed by atoms with Crippen LogP contribution >= 0.6 is 11.3 Å². The third-order valence-electron chi connectivity index (χ3n) is 10.2. The molecule has 0 radical (unpaired) electrons. The number of rotatable bonds is 6. The molecular weight excluding hydrogens is 707 g/mol. The summed E-state index contributed by atoms with van der Waals surface area (Å²) in [5.74, 6) is 2.48. The minimum absolute atomic E-state index is 0.603. The number of nitrogens with zero attached hydrogens (tertiary/aromatic N) is 5. The Bertz CT molecular complexity index is 3250. The van der Waals surface area contributed by atoms with Gasteiger partial charge in [0.25, 0.3) is 0 Å². The molecular formula is C49H29N5OS. The molecule has 0 atom stereocenters. The molecule has 0 aliphatic rings. The lowest BCUT2D eigenvalue weighted by atomic mass is 10.0. The van der Waals surface area contributed by atoms with Gasteiger partial charge in [0.05, 0.1) is 0 Å². The van der Waals surface area contributed by atoms with Crippen molar-refractivity contribution in [2.24, 2.45) is 0 Å². The smallest absolute Gasteiger partial charge is 0.180 e. The maximum absolute atomic E-state index is 6.41. The van der Waals surface area contributed by atoms with Gasteiger partial charge in [-0.1, -0.05) is 133 Å². The van der Waals surface area contributed by atoms with Gasteiger partial charge < -0.3 is 4.42 Å². The molecule has 0 bridgehead atoms. The molecule has 6 nitrogen and oxygen atoms in total. The van der Waals surface area contributed by atoms with Gasteiger partial charge in [0.1, 0.15) is 16.8 Å². The van der Waals surface area contributed by atoms with E-state index in [2.05, 4.69) is 103 Å². The van der Waals surface area contributed by atoms with Crippen molar-refractivity contribution in [3.8, 4) is 67.9 Å². The maximum atomic E-state index is 6.41. The van der Waals surface area contributed by atoms with Crippen molar-refractivity contribution in [1.82, 2.24) is 24.9 Å². The quantitative estimate of drug-likeness (QED) is 0.169. The first-order valence-electron chi connectivity index (χ1n) is 18.4. The highest BCUT2D eigenvalue weighted by Crippen LogP contribution is 2.43. The molecule has 11 rings (SSSR count). The largest absolute Gasteiger partial charge is 0.452 e. The summed E-state index contributed by atoms with van der Waals surface area (Å²) in [5.41, 5.74) is 9.93. The fraction of sp³-hybridized carbons (Fsp3) is 0. The molecule has 0 saturated heterocycles. The van der Waals surface area contributed by atoms with Crippen LogP contribution in [0, 0.1) is 0 Å². The topological polar surface area (TPSA) is 77.6 Å². The van der Waals surface area contributed by atoms with E-state index in [-0.39, 0.29) is 0 Å². The summed E-state index contributed by atoms with van der Waals surface area (Å²) >= 11 is 1.76. The van der Waals surface area contributed by atoms with E-state index in [4.69, 9.17) is 29.3 Å². The summed E-state index contributed by atoms with van der Waals surface area (Å²) in [5, 5.41) is 3.14. The number of fused-ring (bicyclic) bond motifs is 6. The Morgan fingerprint density at radius 2 is 0.982 bits per heavy atom. The average Bonchev–Trinajstić information content (AvgIpc) is 3.85. The molecule has 262 valence electrons.